The average Bonchev–Trinajstić information content (AvgIpc) is 3.47. The number of aryl methyl sites for hydroxylation is 3. The Bertz CT molecular complexity index is 1480. The molecule has 9 heteroatoms. The maximum Gasteiger partial charge on any atom is 0.152 e. The van der Waals surface area contributed by atoms with Crippen LogP contribution in [0.25, 0.3) is 33.3 Å². The number of nitrogens with zero attached hydrogens (tertiary/aromatic N) is 7. The normalized spacial score (nSPS) is 16.0. The molecular formula is C25H26BrN7O. The summed E-state index contributed by atoms with van der Waals surface area (Å²) in [6, 6.07) is 13.1. The first kappa shape index (κ1) is 21.5. The predicted molar refractivity (Wildman–Crippen MR) is 135 cm³/mol. The third kappa shape index (κ3) is 3.29. The molecule has 1 fully saturated rings. The van der Waals surface area contributed by atoms with E-state index in [9.17, 15) is 0 Å². The Morgan fingerprint density at radius 1 is 1.06 bits per heavy atom. The van der Waals surface area contributed by atoms with E-state index in [1.807, 2.05) is 36.6 Å². The largest absolute Gasteiger partial charge is 0.381 e. The van der Waals surface area contributed by atoms with Crippen molar-refractivity contribution < 1.29 is 4.74 Å². The molecule has 0 spiro atoms. The molecule has 0 radical (unpaired) electrons. The molecule has 0 N–H and O–H groups in total. The number of pyridine rings is 1. The van der Waals surface area contributed by atoms with Gasteiger partial charge in [0.15, 0.2) is 4.60 Å². The van der Waals surface area contributed by atoms with E-state index < -0.39 is 0 Å². The van der Waals surface area contributed by atoms with Gasteiger partial charge in [0.1, 0.15) is 16.6 Å². The minimum Gasteiger partial charge on any atom is -0.381 e. The molecule has 0 unspecified atom stereocenters. The zero-order chi connectivity index (χ0) is 23.4. The van der Waals surface area contributed by atoms with E-state index in [1.54, 1.807) is 0 Å². The van der Waals surface area contributed by atoms with Crippen LogP contribution in [0.15, 0.2) is 47.2 Å². The third-order valence-corrected chi connectivity index (χ3v) is 7.51. The molecule has 0 amide bonds. The fourth-order valence-corrected chi connectivity index (χ4v) is 6.10. The smallest absolute Gasteiger partial charge is 0.152 e. The molecular weight excluding hydrogens is 494 g/mol. The van der Waals surface area contributed by atoms with Crippen LogP contribution in [-0.2, 0) is 18.8 Å². The lowest BCUT2D eigenvalue weighted by molar-refractivity contribution is 0.0552. The minimum absolute atomic E-state index is 0.133. The highest BCUT2D eigenvalue weighted by Gasteiger charge is 2.32. The molecule has 0 saturated carbocycles. The molecule has 5 aromatic rings. The van der Waals surface area contributed by atoms with Gasteiger partial charge in [0.2, 0.25) is 0 Å². The van der Waals surface area contributed by atoms with Crippen LogP contribution in [0.4, 0.5) is 0 Å². The van der Waals surface area contributed by atoms with Gasteiger partial charge in [0.05, 0.1) is 22.9 Å². The standard InChI is InChI=1S/C25H26BrN7O/c1-15-21(32(3)30-28-15)18-13-19-20(27-14-18)23-24(25(26)29-31(23)2)33(19)22(16-7-5-4-6-8-16)17-9-11-34-12-10-17/h4-8,13-14,17,22H,9-12H2,1-3H3/t22-/m1/s1. The minimum atomic E-state index is 0.133. The van der Waals surface area contributed by atoms with Crippen molar-refractivity contribution in [3.63, 3.8) is 0 Å². The molecule has 0 aliphatic carbocycles. The van der Waals surface area contributed by atoms with Gasteiger partial charge in [-0.15, -0.1) is 5.10 Å². The van der Waals surface area contributed by atoms with Crippen LogP contribution in [0.5, 0.6) is 0 Å². The summed E-state index contributed by atoms with van der Waals surface area (Å²) >= 11 is 3.76. The van der Waals surface area contributed by atoms with Crippen LogP contribution in [-0.4, -0.2) is 47.5 Å². The number of ether oxygens (including phenoxy) is 1. The van der Waals surface area contributed by atoms with Crippen molar-refractivity contribution >= 4 is 38.0 Å². The highest BCUT2D eigenvalue weighted by molar-refractivity contribution is 9.10. The fraction of sp³-hybridized carbons (Fsp3) is 0.360. The predicted octanol–water partition coefficient (Wildman–Crippen LogP) is 4.81. The van der Waals surface area contributed by atoms with Crippen molar-refractivity contribution in [3.8, 4) is 11.3 Å². The van der Waals surface area contributed by atoms with Gasteiger partial charge in [-0.1, -0.05) is 35.5 Å². The Kier molecular flexibility index (Phi) is 5.26. The van der Waals surface area contributed by atoms with Crippen molar-refractivity contribution in [2.75, 3.05) is 13.2 Å². The second-order valence-electron chi connectivity index (χ2n) is 9.03. The van der Waals surface area contributed by atoms with Gasteiger partial charge in [0, 0.05) is 39.1 Å². The number of aromatic nitrogens is 7. The average molecular weight is 520 g/mol. The summed E-state index contributed by atoms with van der Waals surface area (Å²) in [5, 5.41) is 13.2. The number of hydrogen-bond acceptors (Lipinski definition) is 5. The zero-order valence-electron chi connectivity index (χ0n) is 19.4. The zero-order valence-corrected chi connectivity index (χ0v) is 21.0. The number of fused-ring (bicyclic) bond motifs is 3. The van der Waals surface area contributed by atoms with Gasteiger partial charge < -0.3 is 9.30 Å². The van der Waals surface area contributed by atoms with Crippen LogP contribution >= 0.6 is 15.9 Å². The van der Waals surface area contributed by atoms with Crippen LogP contribution in [0, 0.1) is 12.8 Å². The molecule has 8 nitrogen and oxygen atoms in total. The lowest BCUT2D eigenvalue weighted by Gasteiger charge is -2.33. The highest BCUT2D eigenvalue weighted by atomic mass is 79.9. The van der Waals surface area contributed by atoms with E-state index in [-0.39, 0.29) is 6.04 Å². The molecule has 0 bridgehead atoms. The van der Waals surface area contributed by atoms with Gasteiger partial charge >= 0.3 is 0 Å². The number of rotatable bonds is 4. The molecule has 1 aliphatic rings. The molecule has 1 atom stereocenters. The summed E-state index contributed by atoms with van der Waals surface area (Å²) in [5.41, 5.74) is 8.28. The third-order valence-electron chi connectivity index (χ3n) is 6.97. The molecule has 1 aromatic carbocycles. The quantitative estimate of drug-likeness (QED) is 0.340. The van der Waals surface area contributed by atoms with Gasteiger partial charge in [0.25, 0.3) is 0 Å². The molecule has 6 rings (SSSR count). The van der Waals surface area contributed by atoms with E-state index in [4.69, 9.17) is 14.8 Å². The van der Waals surface area contributed by atoms with Crippen LogP contribution < -0.4 is 0 Å². The summed E-state index contributed by atoms with van der Waals surface area (Å²) in [6.07, 6.45) is 3.94. The SMILES string of the molecule is Cc1nnn(C)c1-c1cnc2c3c(c(Br)nn3C)n([C@H](c3ccccc3)C3CCOCC3)c2c1. The molecule has 1 aliphatic heterocycles. The number of hydrogen-bond donors (Lipinski definition) is 0. The number of benzene rings is 1. The van der Waals surface area contributed by atoms with E-state index in [1.165, 1.54) is 5.56 Å². The maximum atomic E-state index is 5.74. The monoisotopic (exact) mass is 519 g/mol. The van der Waals surface area contributed by atoms with Crippen LogP contribution in [0.3, 0.4) is 0 Å². The van der Waals surface area contributed by atoms with Crippen molar-refractivity contribution in [2.45, 2.75) is 25.8 Å². The first-order valence-electron chi connectivity index (χ1n) is 11.6. The Morgan fingerprint density at radius 2 is 1.82 bits per heavy atom. The first-order chi connectivity index (χ1) is 16.5. The molecule has 174 valence electrons. The molecule has 1 saturated heterocycles. The lowest BCUT2D eigenvalue weighted by Crippen LogP contribution is -2.26. The van der Waals surface area contributed by atoms with Crippen molar-refractivity contribution in [2.24, 2.45) is 20.0 Å². The maximum absolute atomic E-state index is 5.74. The summed E-state index contributed by atoms with van der Waals surface area (Å²) in [4.78, 5) is 4.97. The summed E-state index contributed by atoms with van der Waals surface area (Å²) < 4.78 is 12.8. The van der Waals surface area contributed by atoms with Crippen molar-refractivity contribution in [1.29, 1.82) is 0 Å². The van der Waals surface area contributed by atoms with E-state index in [0.29, 0.717) is 5.92 Å². The Hall–Kier alpha value is -3.04. The van der Waals surface area contributed by atoms with E-state index in [2.05, 4.69) is 67.2 Å². The first-order valence-corrected chi connectivity index (χ1v) is 12.4. The van der Waals surface area contributed by atoms with Crippen LogP contribution in [0.2, 0.25) is 0 Å². The molecule has 5 heterocycles. The second-order valence-corrected chi connectivity index (χ2v) is 9.78. The molecule has 4 aromatic heterocycles. The van der Waals surface area contributed by atoms with Crippen molar-refractivity contribution in [3.05, 3.63) is 58.5 Å². The van der Waals surface area contributed by atoms with Crippen molar-refractivity contribution in [1.82, 2.24) is 34.3 Å². The lowest BCUT2D eigenvalue weighted by atomic mass is 9.86. The summed E-state index contributed by atoms with van der Waals surface area (Å²) in [7, 11) is 3.90. The Labute approximate surface area is 205 Å². The Morgan fingerprint density at radius 3 is 2.53 bits per heavy atom. The highest BCUT2D eigenvalue weighted by Crippen LogP contribution is 2.42. The van der Waals surface area contributed by atoms with E-state index >= 15 is 0 Å². The summed E-state index contributed by atoms with van der Waals surface area (Å²) in [5.74, 6) is 0.436. The van der Waals surface area contributed by atoms with Gasteiger partial charge in [-0.05, 0) is 53.2 Å². The summed E-state index contributed by atoms with van der Waals surface area (Å²) in [6.45, 7) is 3.55. The van der Waals surface area contributed by atoms with Gasteiger partial charge in [-0.25, -0.2) is 4.68 Å². The van der Waals surface area contributed by atoms with Gasteiger partial charge in [-0.3, -0.25) is 9.67 Å². The molecule has 34 heavy (non-hydrogen) atoms. The Balaban J connectivity index is 1.69. The van der Waals surface area contributed by atoms with Crippen LogP contribution in [0.1, 0.15) is 30.1 Å². The second kappa shape index (κ2) is 8.32. The van der Waals surface area contributed by atoms with E-state index in [0.717, 1.165) is 69.7 Å². The number of halogens is 1. The topological polar surface area (TPSA) is 75.6 Å². The van der Waals surface area contributed by atoms with Gasteiger partial charge in [-0.2, -0.15) is 5.10 Å². The fourth-order valence-electron chi connectivity index (χ4n) is 5.49.